The first kappa shape index (κ1) is 97.1. The first-order valence-electron chi connectivity index (χ1n) is 41.6. The molecule has 0 aliphatic carbocycles. The van der Waals surface area contributed by atoms with Crippen molar-refractivity contribution in [3.63, 3.8) is 0 Å². The van der Waals surface area contributed by atoms with Crippen LogP contribution in [-0.4, -0.2) is 96.7 Å². The maximum absolute atomic E-state index is 13.1. The zero-order valence-electron chi connectivity index (χ0n) is 64.6. The first-order valence-corrected chi connectivity index (χ1v) is 44.6. The minimum Gasteiger partial charge on any atom is -0.462 e. The SMILES string of the molecule is CCCCCCCCCCCCCCCCCCCCCCC(=O)O[C@H](COC(=O)CCCCCCCCCCCCCCCC)COP(=O)(O)OC[C@@H](O)COP(=O)(O)OC[C@@H](COC(=O)CCCCCCCCCCC(C)C)OC(=O)CCCCCCCCCCCCCCCC. The van der Waals surface area contributed by atoms with Gasteiger partial charge in [-0.15, -0.1) is 0 Å². The fourth-order valence-electron chi connectivity index (χ4n) is 12.4. The van der Waals surface area contributed by atoms with Crippen LogP contribution in [0.15, 0.2) is 0 Å². The number of phosphoric acid groups is 2. The van der Waals surface area contributed by atoms with Crippen LogP contribution in [0, 0.1) is 5.92 Å². The lowest BCUT2D eigenvalue weighted by molar-refractivity contribution is -0.161. The normalized spacial score (nSPS) is 13.9. The summed E-state index contributed by atoms with van der Waals surface area (Å²) in [5.74, 6) is -1.38. The molecule has 0 rings (SSSR count). The zero-order chi connectivity index (χ0) is 72.7. The van der Waals surface area contributed by atoms with Crippen LogP contribution >= 0.6 is 15.6 Å². The number of rotatable bonds is 80. The van der Waals surface area contributed by atoms with Crippen LogP contribution in [0.1, 0.15) is 426 Å². The number of aliphatic hydroxyl groups excluding tert-OH is 1. The molecule has 0 saturated carbocycles. The smallest absolute Gasteiger partial charge is 0.462 e. The van der Waals surface area contributed by atoms with E-state index in [-0.39, 0.29) is 25.7 Å². The number of esters is 4. The molecular formula is C80H156O17P2. The van der Waals surface area contributed by atoms with Crippen molar-refractivity contribution in [2.24, 2.45) is 5.92 Å². The molecular weight excluding hydrogens is 1290 g/mol. The van der Waals surface area contributed by atoms with Crippen molar-refractivity contribution in [2.45, 2.75) is 445 Å². The summed E-state index contributed by atoms with van der Waals surface area (Å²) in [7, 11) is -9.92. The van der Waals surface area contributed by atoms with Gasteiger partial charge in [-0.05, 0) is 31.6 Å². The van der Waals surface area contributed by atoms with Gasteiger partial charge in [0.15, 0.2) is 12.2 Å². The van der Waals surface area contributed by atoms with E-state index in [2.05, 4.69) is 34.6 Å². The largest absolute Gasteiger partial charge is 0.472 e. The summed E-state index contributed by atoms with van der Waals surface area (Å²) in [6, 6.07) is 0. The van der Waals surface area contributed by atoms with Gasteiger partial charge in [-0.2, -0.15) is 0 Å². The van der Waals surface area contributed by atoms with E-state index >= 15 is 0 Å². The Kier molecular flexibility index (Phi) is 71.6. The molecule has 0 aromatic rings. The van der Waals surface area contributed by atoms with Gasteiger partial charge >= 0.3 is 39.5 Å². The molecule has 0 saturated heterocycles. The highest BCUT2D eigenvalue weighted by molar-refractivity contribution is 7.47. The molecule has 99 heavy (non-hydrogen) atoms. The molecule has 0 fully saturated rings. The van der Waals surface area contributed by atoms with Crippen molar-refractivity contribution in [3.8, 4) is 0 Å². The molecule has 0 aromatic heterocycles. The maximum Gasteiger partial charge on any atom is 0.472 e. The lowest BCUT2D eigenvalue weighted by atomic mass is 10.0. The predicted molar refractivity (Wildman–Crippen MR) is 405 cm³/mol. The highest BCUT2D eigenvalue weighted by atomic mass is 31.2. The Morgan fingerprint density at radius 1 is 0.273 bits per heavy atom. The van der Waals surface area contributed by atoms with Gasteiger partial charge in [0.2, 0.25) is 0 Å². The highest BCUT2D eigenvalue weighted by Crippen LogP contribution is 2.45. The number of ether oxygens (including phenoxy) is 4. The summed E-state index contributed by atoms with van der Waals surface area (Å²) in [5.41, 5.74) is 0. The molecule has 0 radical (unpaired) electrons. The lowest BCUT2D eigenvalue weighted by Gasteiger charge is -2.21. The zero-order valence-corrected chi connectivity index (χ0v) is 66.4. The van der Waals surface area contributed by atoms with Crippen molar-refractivity contribution in [1.82, 2.24) is 0 Å². The van der Waals surface area contributed by atoms with Gasteiger partial charge < -0.3 is 33.8 Å². The van der Waals surface area contributed by atoms with Gasteiger partial charge in [0, 0.05) is 25.7 Å². The third-order valence-corrected chi connectivity index (χ3v) is 20.7. The number of carbonyl (C=O) groups is 4. The number of aliphatic hydroxyl groups is 1. The summed E-state index contributed by atoms with van der Waals surface area (Å²) in [6.07, 6.45) is 63.8. The van der Waals surface area contributed by atoms with E-state index < -0.39 is 97.5 Å². The molecule has 588 valence electrons. The highest BCUT2D eigenvalue weighted by Gasteiger charge is 2.30. The number of hydrogen-bond acceptors (Lipinski definition) is 15. The van der Waals surface area contributed by atoms with Crippen LogP contribution < -0.4 is 0 Å². The van der Waals surface area contributed by atoms with Crippen LogP contribution in [0.4, 0.5) is 0 Å². The van der Waals surface area contributed by atoms with E-state index in [1.54, 1.807) is 0 Å². The molecule has 2 unspecified atom stereocenters. The van der Waals surface area contributed by atoms with Crippen molar-refractivity contribution in [1.29, 1.82) is 0 Å². The Bertz CT molecular complexity index is 1890. The molecule has 5 atom stereocenters. The monoisotopic (exact) mass is 1450 g/mol. The number of hydrogen-bond donors (Lipinski definition) is 3. The fourth-order valence-corrected chi connectivity index (χ4v) is 14.0. The molecule has 19 heteroatoms. The van der Waals surface area contributed by atoms with E-state index in [0.29, 0.717) is 25.7 Å². The molecule has 0 aliphatic rings. The number of carbonyl (C=O) groups excluding carboxylic acids is 4. The third kappa shape index (κ3) is 74.1. The molecule has 0 heterocycles. The van der Waals surface area contributed by atoms with Gasteiger partial charge in [-0.25, -0.2) is 9.13 Å². The summed E-state index contributed by atoms with van der Waals surface area (Å²) in [6.45, 7) is 7.29. The summed E-state index contributed by atoms with van der Waals surface area (Å²) in [4.78, 5) is 73.0. The standard InChI is InChI=1S/C80H156O17P2/c1-6-9-12-15-18-21-24-27-30-31-32-33-34-35-38-41-44-51-56-61-66-80(85)96-75(69-90-77(82)63-58-53-48-42-39-36-28-25-22-19-16-13-10-7-2)71-94-98(86,87)92-67-74(81)68-93-99(88,89)95-72-76(70-91-78(83)64-59-54-49-46-45-47-52-57-62-73(4)5)97-79(84)65-60-55-50-43-40-37-29-26-23-20-17-14-11-8-3/h73-76,81H,6-72H2,1-5H3,(H,86,87)(H,88,89)/t74-,75-,76-/m1/s1. The summed E-state index contributed by atoms with van der Waals surface area (Å²) < 4.78 is 68.7. The van der Waals surface area contributed by atoms with E-state index in [9.17, 15) is 43.2 Å². The Morgan fingerprint density at radius 3 is 0.687 bits per heavy atom. The van der Waals surface area contributed by atoms with Crippen LogP contribution in [0.2, 0.25) is 0 Å². The third-order valence-electron chi connectivity index (χ3n) is 18.8. The fraction of sp³-hybridized carbons (Fsp3) is 0.950. The van der Waals surface area contributed by atoms with E-state index in [1.807, 2.05) is 0 Å². The summed E-state index contributed by atoms with van der Waals surface area (Å²) >= 11 is 0. The minimum atomic E-state index is -4.96. The molecule has 0 amide bonds. The second-order valence-corrected chi connectivity index (χ2v) is 32.2. The molecule has 0 aromatic carbocycles. The molecule has 17 nitrogen and oxygen atoms in total. The van der Waals surface area contributed by atoms with Crippen molar-refractivity contribution >= 4 is 39.5 Å². The average molecular weight is 1450 g/mol. The number of unbranched alkanes of at least 4 members (excludes halogenated alkanes) is 52. The minimum absolute atomic E-state index is 0.108. The van der Waals surface area contributed by atoms with E-state index in [0.717, 1.165) is 95.8 Å². The molecule has 0 bridgehead atoms. The topological polar surface area (TPSA) is 237 Å². The second-order valence-electron chi connectivity index (χ2n) is 29.3. The van der Waals surface area contributed by atoms with Crippen molar-refractivity contribution in [3.05, 3.63) is 0 Å². The Labute approximate surface area is 607 Å². The van der Waals surface area contributed by atoms with Gasteiger partial charge in [-0.3, -0.25) is 37.3 Å². The van der Waals surface area contributed by atoms with Crippen LogP contribution in [0.5, 0.6) is 0 Å². The summed E-state index contributed by atoms with van der Waals surface area (Å²) in [5, 5.41) is 10.6. The van der Waals surface area contributed by atoms with Crippen LogP contribution in [-0.2, 0) is 65.4 Å². The second kappa shape index (κ2) is 73.0. The van der Waals surface area contributed by atoms with Gasteiger partial charge in [0.05, 0.1) is 26.4 Å². The Balaban J connectivity index is 5.23. The van der Waals surface area contributed by atoms with Gasteiger partial charge in [-0.1, -0.05) is 375 Å². The maximum atomic E-state index is 13.1. The first-order chi connectivity index (χ1) is 48.0. The van der Waals surface area contributed by atoms with E-state index in [1.165, 1.54) is 250 Å². The molecule has 3 N–H and O–H groups in total. The van der Waals surface area contributed by atoms with Crippen LogP contribution in [0.25, 0.3) is 0 Å². The number of phosphoric ester groups is 2. The predicted octanol–water partition coefficient (Wildman–Crippen LogP) is 24.0. The quantitative estimate of drug-likeness (QED) is 0.0222. The average Bonchev–Trinajstić information content (AvgIpc) is 1.09. The van der Waals surface area contributed by atoms with Crippen molar-refractivity contribution < 1.29 is 80.2 Å². The van der Waals surface area contributed by atoms with Crippen LogP contribution in [0.3, 0.4) is 0 Å². The molecule has 0 spiro atoms. The Hall–Kier alpha value is -1.94. The van der Waals surface area contributed by atoms with Gasteiger partial charge in [0.25, 0.3) is 0 Å². The van der Waals surface area contributed by atoms with E-state index in [4.69, 9.17) is 37.0 Å². The lowest BCUT2D eigenvalue weighted by Crippen LogP contribution is -2.30. The van der Waals surface area contributed by atoms with Gasteiger partial charge in [0.1, 0.15) is 19.3 Å². The van der Waals surface area contributed by atoms with Crippen molar-refractivity contribution in [2.75, 3.05) is 39.6 Å². The Morgan fingerprint density at radius 2 is 0.465 bits per heavy atom. The molecule has 0 aliphatic heterocycles.